The van der Waals surface area contributed by atoms with Crippen LogP contribution in [0.5, 0.6) is 5.75 Å². The van der Waals surface area contributed by atoms with Crippen molar-refractivity contribution < 1.29 is 9.90 Å². The minimum absolute atomic E-state index is 0.182. The third-order valence-electron chi connectivity index (χ3n) is 3.66. The molecule has 3 rings (SSSR count). The largest absolute Gasteiger partial charge is 0.508 e. The quantitative estimate of drug-likeness (QED) is 0.622. The Bertz CT molecular complexity index is 879. The summed E-state index contributed by atoms with van der Waals surface area (Å²) < 4.78 is 0. The Kier molecular flexibility index (Phi) is 5.21. The van der Waals surface area contributed by atoms with Crippen molar-refractivity contribution in [1.29, 1.82) is 0 Å². The average molecular weight is 353 g/mol. The molecule has 0 atom stereocenters. The van der Waals surface area contributed by atoms with Gasteiger partial charge in [0, 0.05) is 17.3 Å². The van der Waals surface area contributed by atoms with Crippen LogP contribution in [0.1, 0.15) is 15.9 Å². The number of phenolic OH excluding ortho intramolecular Hbond substituents is 1. The zero-order valence-corrected chi connectivity index (χ0v) is 14.1. The van der Waals surface area contributed by atoms with Crippen LogP contribution in [-0.4, -0.2) is 11.0 Å². The number of anilines is 2. The summed E-state index contributed by atoms with van der Waals surface area (Å²) in [6, 6.07) is 21.3. The maximum atomic E-state index is 12.5. The predicted molar refractivity (Wildman–Crippen MR) is 100 cm³/mol. The molecule has 4 nitrogen and oxygen atoms in total. The van der Waals surface area contributed by atoms with Crippen LogP contribution in [0.2, 0.25) is 5.02 Å². The molecule has 0 fully saturated rings. The predicted octanol–water partition coefficient (Wildman–Crippen LogP) is 4.72. The molecule has 0 spiro atoms. The molecule has 0 saturated heterocycles. The summed E-state index contributed by atoms with van der Waals surface area (Å²) in [4.78, 5) is 12.5. The number of carbonyl (C=O) groups excluding carboxylic acids is 1. The number of amides is 1. The number of hydrogen-bond donors (Lipinski definition) is 3. The van der Waals surface area contributed by atoms with E-state index in [2.05, 4.69) is 10.6 Å². The summed E-state index contributed by atoms with van der Waals surface area (Å²) in [6.07, 6.45) is 0. The van der Waals surface area contributed by atoms with E-state index in [1.165, 1.54) is 0 Å². The molecule has 3 aromatic rings. The SMILES string of the molecule is O=C(NCc1ccc(O)cc1)c1ccccc1Nc1cccc(Cl)c1. The van der Waals surface area contributed by atoms with Gasteiger partial charge in [0.15, 0.2) is 0 Å². The van der Waals surface area contributed by atoms with E-state index < -0.39 is 0 Å². The van der Waals surface area contributed by atoms with E-state index in [1.54, 1.807) is 42.5 Å². The topological polar surface area (TPSA) is 61.4 Å². The number of nitrogens with one attached hydrogen (secondary N) is 2. The van der Waals surface area contributed by atoms with E-state index in [0.29, 0.717) is 22.8 Å². The third-order valence-corrected chi connectivity index (χ3v) is 3.90. The lowest BCUT2D eigenvalue weighted by Crippen LogP contribution is -2.23. The fourth-order valence-corrected chi connectivity index (χ4v) is 2.59. The molecular weight excluding hydrogens is 336 g/mol. The first-order valence-electron chi connectivity index (χ1n) is 7.79. The van der Waals surface area contributed by atoms with Crippen LogP contribution in [-0.2, 0) is 6.54 Å². The number of benzene rings is 3. The minimum atomic E-state index is -0.182. The van der Waals surface area contributed by atoms with Crippen molar-refractivity contribution in [3.8, 4) is 5.75 Å². The lowest BCUT2D eigenvalue weighted by Gasteiger charge is -2.12. The Morgan fingerprint density at radius 3 is 2.48 bits per heavy atom. The van der Waals surface area contributed by atoms with Gasteiger partial charge in [0.05, 0.1) is 11.3 Å². The Morgan fingerprint density at radius 1 is 0.960 bits per heavy atom. The Morgan fingerprint density at radius 2 is 1.72 bits per heavy atom. The normalized spacial score (nSPS) is 10.3. The van der Waals surface area contributed by atoms with Crippen LogP contribution in [0.3, 0.4) is 0 Å². The van der Waals surface area contributed by atoms with Gasteiger partial charge in [-0.05, 0) is 48.0 Å². The molecule has 126 valence electrons. The molecule has 25 heavy (non-hydrogen) atoms. The van der Waals surface area contributed by atoms with Gasteiger partial charge in [-0.1, -0.05) is 41.9 Å². The molecule has 0 bridgehead atoms. The number of halogens is 1. The number of para-hydroxylation sites is 1. The summed E-state index contributed by atoms with van der Waals surface area (Å²) in [7, 11) is 0. The molecular formula is C20H17ClN2O2. The lowest BCUT2D eigenvalue weighted by molar-refractivity contribution is 0.0952. The van der Waals surface area contributed by atoms with Gasteiger partial charge in [-0.2, -0.15) is 0 Å². The average Bonchev–Trinajstić information content (AvgIpc) is 2.61. The molecule has 5 heteroatoms. The summed E-state index contributed by atoms with van der Waals surface area (Å²) in [5, 5.41) is 16.0. The lowest BCUT2D eigenvalue weighted by atomic mass is 10.1. The molecule has 0 heterocycles. The molecule has 3 aromatic carbocycles. The smallest absolute Gasteiger partial charge is 0.253 e. The Balaban J connectivity index is 1.73. The van der Waals surface area contributed by atoms with Crippen molar-refractivity contribution in [2.45, 2.75) is 6.54 Å². The Hall–Kier alpha value is -2.98. The van der Waals surface area contributed by atoms with Crippen LogP contribution in [0.4, 0.5) is 11.4 Å². The van der Waals surface area contributed by atoms with Crippen LogP contribution in [0, 0.1) is 0 Å². The molecule has 3 N–H and O–H groups in total. The first kappa shape index (κ1) is 16.9. The molecule has 0 aromatic heterocycles. The molecule has 0 radical (unpaired) electrons. The second-order valence-corrected chi connectivity index (χ2v) is 5.97. The van der Waals surface area contributed by atoms with Crippen molar-refractivity contribution in [2.24, 2.45) is 0 Å². The van der Waals surface area contributed by atoms with Gasteiger partial charge in [-0.3, -0.25) is 4.79 Å². The van der Waals surface area contributed by atoms with Crippen LogP contribution in [0.25, 0.3) is 0 Å². The molecule has 0 aliphatic heterocycles. The standard InChI is InChI=1S/C20H17ClN2O2/c21-15-4-3-5-16(12-15)23-19-7-2-1-6-18(19)20(25)22-13-14-8-10-17(24)11-9-14/h1-12,23-24H,13H2,(H,22,25). The number of phenols is 1. The van der Waals surface area contributed by atoms with E-state index in [9.17, 15) is 9.90 Å². The second-order valence-electron chi connectivity index (χ2n) is 5.53. The monoisotopic (exact) mass is 352 g/mol. The van der Waals surface area contributed by atoms with E-state index in [0.717, 1.165) is 11.3 Å². The maximum absolute atomic E-state index is 12.5. The van der Waals surface area contributed by atoms with Gasteiger partial charge in [0.2, 0.25) is 0 Å². The summed E-state index contributed by atoms with van der Waals surface area (Å²) in [5.74, 6) is 0.0179. The van der Waals surface area contributed by atoms with E-state index in [4.69, 9.17) is 11.6 Å². The second kappa shape index (κ2) is 7.73. The van der Waals surface area contributed by atoms with E-state index in [-0.39, 0.29) is 11.7 Å². The number of aromatic hydroxyl groups is 1. The number of hydrogen-bond acceptors (Lipinski definition) is 3. The minimum Gasteiger partial charge on any atom is -0.508 e. The number of carbonyl (C=O) groups is 1. The van der Waals surface area contributed by atoms with Gasteiger partial charge < -0.3 is 15.7 Å². The molecule has 0 unspecified atom stereocenters. The fourth-order valence-electron chi connectivity index (χ4n) is 2.40. The van der Waals surface area contributed by atoms with Crippen LogP contribution in [0.15, 0.2) is 72.8 Å². The van der Waals surface area contributed by atoms with Crippen molar-refractivity contribution in [3.63, 3.8) is 0 Å². The highest BCUT2D eigenvalue weighted by molar-refractivity contribution is 6.30. The maximum Gasteiger partial charge on any atom is 0.253 e. The first-order valence-corrected chi connectivity index (χ1v) is 8.17. The van der Waals surface area contributed by atoms with Gasteiger partial charge in [0.25, 0.3) is 5.91 Å². The molecule has 0 aliphatic rings. The highest BCUT2D eigenvalue weighted by Gasteiger charge is 2.11. The zero-order chi connectivity index (χ0) is 17.6. The third kappa shape index (κ3) is 4.52. The van der Waals surface area contributed by atoms with Gasteiger partial charge >= 0.3 is 0 Å². The summed E-state index contributed by atoms with van der Waals surface area (Å²) >= 11 is 6.00. The van der Waals surface area contributed by atoms with E-state index >= 15 is 0 Å². The van der Waals surface area contributed by atoms with Crippen molar-refractivity contribution in [3.05, 3.63) is 88.9 Å². The zero-order valence-electron chi connectivity index (χ0n) is 13.4. The summed E-state index contributed by atoms with van der Waals surface area (Å²) in [6.45, 7) is 0.380. The molecule has 1 amide bonds. The van der Waals surface area contributed by atoms with Gasteiger partial charge in [-0.15, -0.1) is 0 Å². The fraction of sp³-hybridized carbons (Fsp3) is 0.0500. The van der Waals surface area contributed by atoms with Crippen molar-refractivity contribution in [1.82, 2.24) is 5.32 Å². The van der Waals surface area contributed by atoms with E-state index in [1.807, 2.05) is 30.3 Å². The highest BCUT2D eigenvalue weighted by Crippen LogP contribution is 2.23. The number of rotatable bonds is 5. The van der Waals surface area contributed by atoms with Crippen molar-refractivity contribution >= 4 is 28.9 Å². The van der Waals surface area contributed by atoms with Gasteiger partial charge in [-0.25, -0.2) is 0 Å². The van der Waals surface area contributed by atoms with Crippen molar-refractivity contribution in [2.75, 3.05) is 5.32 Å². The molecule has 0 saturated carbocycles. The first-order chi connectivity index (χ1) is 12.1. The van der Waals surface area contributed by atoms with Gasteiger partial charge in [0.1, 0.15) is 5.75 Å². The van der Waals surface area contributed by atoms with Crippen LogP contribution >= 0.6 is 11.6 Å². The van der Waals surface area contributed by atoms with Crippen LogP contribution < -0.4 is 10.6 Å². The summed E-state index contributed by atoms with van der Waals surface area (Å²) in [5.41, 5.74) is 2.96. The Labute approximate surface area is 151 Å². The molecule has 0 aliphatic carbocycles. The highest BCUT2D eigenvalue weighted by atomic mass is 35.5.